The molecule has 3 nitrogen and oxygen atoms in total. The standard InChI is InChI=1S/C13H25NO2/c1-4-10(3)9-13(5-2,12(15)16)14-11-7-6-8-11/h10-11,14H,4-9H2,1-3H3,(H,15,16). The van der Waals surface area contributed by atoms with Gasteiger partial charge < -0.3 is 5.11 Å². The topological polar surface area (TPSA) is 49.3 Å². The molecular formula is C13H25NO2. The van der Waals surface area contributed by atoms with Crippen LogP contribution in [0.15, 0.2) is 0 Å². The van der Waals surface area contributed by atoms with Gasteiger partial charge in [0.15, 0.2) is 0 Å². The molecule has 3 heteroatoms. The summed E-state index contributed by atoms with van der Waals surface area (Å²) in [6.45, 7) is 6.23. The zero-order valence-corrected chi connectivity index (χ0v) is 10.8. The molecule has 2 N–H and O–H groups in total. The van der Waals surface area contributed by atoms with E-state index in [1.54, 1.807) is 0 Å². The molecule has 0 aliphatic heterocycles. The van der Waals surface area contributed by atoms with Crippen molar-refractivity contribution in [3.63, 3.8) is 0 Å². The zero-order valence-electron chi connectivity index (χ0n) is 10.8. The molecule has 94 valence electrons. The van der Waals surface area contributed by atoms with Crippen molar-refractivity contribution in [2.75, 3.05) is 0 Å². The van der Waals surface area contributed by atoms with Crippen LogP contribution in [0.5, 0.6) is 0 Å². The Bertz CT molecular complexity index is 229. The van der Waals surface area contributed by atoms with E-state index in [0.717, 1.165) is 25.7 Å². The number of hydrogen-bond acceptors (Lipinski definition) is 2. The Hall–Kier alpha value is -0.570. The molecule has 1 rings (SSSR count). The molecule has 1 saturated carbocycles. The van der Waals surface area contributed by atoms with Gasteiger partial charge in [0.1, 0.15) is 5.54 Å². The highest BCUT2D eigenvalue weighted by Gasteiger charge is 2.40. The quantitative estimate of drug-likeness (QED) is 0.703. The number of nitrogens with one attached hydrogen (secondary N) is 1. The molecule has 1 aliphatic carbocycles. The zero-order chi connectivity index (χ0) is 12.2. The van der Waals surface area contributed by atoms with Gasteiger partial charge in [0.05, 0.1) is 0 Å². The average Bonchev–Trinajstić information content (AvgIpc) is 2.20. The van der Waals surface area contributed by atoms with Gasteiger partial charge in [0.25, 0.3) is 0 Å². The first-order valence-corrected chi connectivity index (χ1v) is 6.55. The molecule has 2 atom stereocenters. The van der Waals surface area contributed by atoms with Crippen LogP contribution in [0.2, 0.25) is 0 Å². The van der Waals surface area contributed by atoms with Crippen LogP contribution >= 0.6 is 0 Å². The second-order valence-corrected chi connectivity index (χ2v) is 5.23. The third kappa shape index (κ3) is 2.97. The number of rotatable bonds is 7. The highest BCUT2D eigenvalue weighted by Crippen LogP contribution is 2.28. The van der Waals surface area contributed by atoms with Gasteiger partial charge in [0, 0.05) is 6.04 Å². The lowest BCUT2D eigenvalue weighted by atomic mass is 9.81. The highest BCUT2D eigenvalue weighted by molar-refractivity contribution is 5.78. The van der Waals surface area contributed by atoms with E-state index in [9.17, 15) is 9.90 Å². The molecule has 0 amide bonds. The van der Waals surface area contributed by atoms with Gasteiger partial charge in [0.2, 0.25) is 0 Å². The molecule has 1 fully saturated rings. The minimum Gasteiger partial charge on any atom is -0.480 e. The minimum absolute atomic E-state index is 0.431. The van der Waals surface area contributed by atoms with Gasteiger partial charge in [-0.15, -0.1) is 0 Å². The number of carboxylic acids is 1. The maximum Gasteiger partial charge on any atom is 0.323 e. The Morgan fingerprint density at radius 3 is 2.44 bits per heavy atom. The van der Waals surface area contributed by atoms with Crippen molar-refractivity contribution in [3.8, 4) is 0 Å². The van der Waals surface area contributed by atoms with Crippen molar-refractivity contribution in [1.82, 2.24) is 5.32 Å². The summed E-state index contributed by atoms with van der Waals surface area (Å²) in [5.74, 6) is -0.217. The molecule has 2 unspecified atom stereocenters. The van der Waals surface area contributed by atoms with Gasteiger partial charge in [-0.25, -0.2) is 0 Å². The first-order valence-electron chi connectivity index (χ1n) is 6.55. The van der Waals surface area contributed by atoms with E-state index in [1.807, 2.05) is 6.92 Å². The predicted octanol–water partition coefficient (Wildman–Crippen LogP) is 2.80. The van der Waals surface area contributed by atoms with E-state index >= 15 is 0 Å². The van der Waals surface area contributed by atoms with Gasteiger partial charge >= 0.3 is 5.97 Å². The summed E-state index contributed by atoms with van der Waals surface area (Å²) in [4.78, 5) is 11.5. The molecule has 0 heterocycles. The van der Waals surface area contributed by atoms with Crippen LogP contribution < -0.4 is 5.32 Å². The minimum atomic E-state index is -0.694. The monoisotopic (exact) mass is 227 g/mol. The van der Waals surface area contributed by atoms with E-state index in [4.69, 9.17) is 0 Å². The van der Waals surface area contributed by atoms with E-state index in [-0.39, 0.29) is 0 Å². The highest BCUT2D eigenvalue weighted by atomic mass is 16.4. The van der Waals surface area contributed by atoms with Gasteiger partial charge in [-0.3, -0.25) is 10.1 Å². The largest absolute Gasteiger partial charge is 0.480 e. The second-order valence-electron chi connectivity index (χ2n) is 5.23. The summed E-state index contributed by atoms with van der Waals surface area (Å²) in [6, 6.07) is 0.431. The van der Waals surface area contributed by atoms with E-state index < -0.39 is 11.5 Å². The van der Waals surface area contributed by atoms with Crippen molar-refractivity contribution in [3.05, 3.63) is 0 Å². The normalized spacial score (nSPS) is 22.2. The molecule has 0 aromatic rings. The fourth-order valence-electron chi connectivity index (χ4n) is 2.29. The molecule has 1 aliphatic rings. The van der Waals surface area contributed by atoms with Crippen molar-refractivity contribution in [2.45, 2.75) is 70.9 Å². The number of carboxylic acid groups (broad SMARTS) is 1. The van der Waals surface area contributed by atoms with Crippen LogP contribution in [0.1, 0.15) is 59.3 Å². The lowest BCUT2D eigenvalue weighted by Crippen LogP contribution is -2.58. The fraction of sp³-hybridized carbons (Fsp3) is 0.923. The van der Waals surface area contributed by atoms with Crippen LogP contribution in [0.4, 0.5) is 0 Å². The molecule has 0 radical (unpaired) electrons. The summed E-state index contributed by atoms with van der Waals surface area (Å²) in [6.07, 6.45) is 5.96. The molecule has 0 bridgehead atoms. The second kappa shape index (κ2) is 5.67. The lowest BCUT2D eigenvalue weighted by molar-refractivity contribution is -0.146. The molecule has 0 spiro atoms. The van der Waals surface area contributed by atoms with E-state index in [2.05, 4.69) is 19.2 Å². The molecular weight excluding hydrogens is 202 g/mol. The van der Waals surface area contributed by atoms with Crippen molar-refractivity contribution in [2.24, 2.45) is 5.92 Å². The summed E-state index contributed by atoms with van der Waals surface area (Å²) in [7, 11) is 0. The maximum absolute atomic E-state index is 11.5. The van der Waals surface area contributed by atoms with Crippen molar-refractivity contribution < 1.29 is 9.90 Å². The number of hydrogen-bond donors (Lipinski definition) is 2. The van der Waals surface area contributed by atoms with Crippen LogP contribution in [0.25, 0.3) is 0 Å². The Balaban J connectivity index is 2.67. The van der Waals surface area contributed by atoms with Crippen molar-refractivity contribution >= 4 is 5.97 Å². The summed E-state index contributed by atoms with van der Waals surface area (Å²) >= 11 is 0. The Morgan fingerprint density at radius 2 is 2.12 bits per heavy atom. The SMILES string of the molecule is CCC(C)CC(CC)(NC1CCC1)C(=O)O. The Labute approximate surface area is 98.6 Å². The average molecular weight is 227 g/mol. The first-order chi connectivity index (χ1) is 7.54. The van der Waals surface area contributed by atoms with Gasteiger partial charge in [-0.2, -0.15) is 0 Å². The van der Waals surface area contributed by atoms with Crippen LogP contribution in [-0.4, -0.2) is 22.7 Å². The number of carbonyl (C=O) groups is 1. The Morgan fingerprint density at radius 1 is 1.50 bits per heavy atom. The number of aliphatic carboxylic acids is 1. The molecule has 0 aromatic heterocycles. The summed E-state index contributed by atoms with van der Waals surface area (Å²) in [5.41, 5.74) is -0.694. The van der Waals surface area contributed by atoms with Crippen molar-refractivity contribution in [1.29, 1.82) is 0 Å². The molecule has 0 saturated heterocycles. The van der Waals surface area contributed by atoms with Crippen LogP contribution in [0.3, 0.4) is 0 Å². The Kier molecular flexibility index (Phi) is 4.78. The van der Waals surface area contributed by atoms with E-state index in [0.29, 0.717) is 18.4 Å². The van der Waals surface area contributed by atoms with Gasteiger partial charge in [-0.05, 0) is 31.6 Å². The van der Waals surface area contributed by atoms with Crippen LogP contribution in [0, 0.1) is 5.92 Å². The van der Waals surface area contributed by atoms with Gasteiger partial charge in [-0.1, -0.05) is 33.6 Å². The third-order valence-corrected chi connectivity index (χ3v) is 3.99. The molecule has 16 heavy (non-hydrogen) atoms. The lowest BCUT2D eigenvalue weighted by Gasteiger charge is -2.39. The van der Waals surface area contributed by atoms with Crippen LogP contribution in [-0.2, 0) is 4.79 Å². The summed E-state index contributed by atoms with van der Waals surface area (Å²) in [5, 5.41) is 12.9. The first kappa shape index (κ1) is 13.5. The maximum atomic E-state index is 11.5. The summed E-state index contributed by atoms with van der Waals surface area (Å²) < 4.78 is 0. The smallest absolute Gasteiger partial charge is 0.323 e. The third-order valence-electron chi connectivity index (χ3n) is 3.99. The molecule has 0 aromatic carbocycles. The van der Waals surface area contributed by atoms with E-state index in [1.165, 1.54) is 6.42 Å². The fourth-order valence-corrected chi connectivity index (χ4v) is 2.29. The predicted molar refractivity (Wildman–Crippen MR) is 65.5 cm³/mol.